The molecule has 34 heavy (non-hydrogen) atoms. The second-order valence-electron chi connectivity index (χ2n) is 9.30. The summed E-state index contributed by atoms with van der Waals surface area (Å²) in [4.78, 5) is 23.3. The summed E-state index contributed by atoms with van der Waals surface area (Å²) in [7, 11) is 0. The summed E-state index contributed by atoms with van der Waals surface area (Å²) in [6, 6.07) is 15.9. The number of ether oxygens (including phenoxy) is 1. The maximum absolute atomic E-state index is 12.7. The number of carbonyl (C=O) groups excluding carboxylic acids is 1. The molecule has 1 atom stereocenters. The van der Waals surface area contributed by atoms with Gasteiger partial charge in [0.1, 0.15) is 11.5 Å². The Morgan fingerprint density at radius 3 is 2.68 bits per heavy atom. The predicted octanol–water partition coefficient (Wildman–Crippen LogP) is 6.41. The number of piperidine rings is 1. The van der Waals surface area contributed by atoms with E-state index in [9.17, 15) is 4.79 Å². The minimum atomic E-state index is -0.0757. The van der Waals surface area contributed by atoms with Gasteiger partial charge in [-0.25, -0.2) is 4.79 Å². The quantitative estimate of drug-likeness (QED) is 0.484. The molecule has 1 unspecified atom stereocenters. The fourth-order valence-corrected chi connectivity index (χ4v) is 4.28. The van der Waals surface area contributed by atoms with Crippen LogP contribution in [0.4, 0.5) is 10.5 Å². The van der Waals surface area contributed by atoms with Gasteiger partial charge in [0.25, 0.3) is 0 Å². The second kappa shape index (κ2) is 9.67. The minimum absolute atomic E-state index is 0.0757. The largest absolute Gasteiger partial charge is 0.456 e. The molecular formula is C28H30N4O2. The van der Waals surface area contributed by atoms with Crippen LogP contribution in [-0.4, -0.2) is 34.0 Å². The van der Waals surface area contributed by atoms with Crippen molar-refractivity contribution in [3.63, 3.8) is 0 Å². The molecule has 1 N–H and O–H groups in total. The van der Waals surface area contributed by atoms with E-state index in [-0.39, 0.29) is 11.9 Å². The zero-order valence-corrected chi connectivity index (χ0v) is 19.7. The lowest BCUT2D eigenvalue weighted by Crippen LogP contribution is -2.42. The SMILES string of the molecule is Cc1ccc(NC(=O)N2CC/C(=C\c3cccc(Oc4ccc(C5CC5)nc4)c3)C(C)C2)cn1. The average Bonchev–Trinajstić information content (AvgIpc) is 3.68. The third-order valence-corrected chi connectivity index (χ3v) is 6.45. The van der Waals surface area contributed by atoms with Crippen molar-refractivity contribution < 1.29 is 9.53 Å². The standard InChI is InChI=1S/C28H30N4O2/c1-19-18-32(28(33)31-24-9-6-20(2)29-16-24)13-12-23(19)14-21-4-3-5-25(15-21)34-26-10-11-27(30-17-26)22-7-8-22/h3-6,9-11,14-17,19,22H,7-8,12-13,18H2,1-2H3,(H,31,33)/b23-14+. The highest BCUT2D eigenvalue weighted by Gasteiger charge is 2.25. The van der Waals surface area contributed by atoms with E-state index in [0.717, 1.165) is 40.6 Å². The highest BCUT2D eigenvalue weighted by Crippen LogP contribution is 2.39. The van der Waals surface area contributed by atoms with Gasteiger partial charge in [0.2, 0.25) is 0 Å². The third-order valence-electron chi connectivity index (χ3n) is 6.45. The Balaban J connectivity index is 1.20. The van der Waals surface area contributed by atoms with Crippen molar-refractivity contribution in [1.29, 1.82) is 0 Å². The summed E-state index contributed by atoms with van der Waals surface area (Å²) in [5, 5.41) is 2.95. The molecule has 2 fully saturated rings. The zero-order valence-electron chi connectivity index (χ0n) is 19.7. The van der Waals surface area contributed by atoms with Gasteiger partial charge in [-0.3, -0.25) is 9.97 Å². The molecule has 1 saturated carbocycles. The van der Waals surface area contributed by atoms with Crippen LogP contribution in [0.1, 0.15) is 49.1 Å². The number of hydrogen-bond donors (Lipinski definition) is 1. The number of aromatic nitrogens is 2. The van der Waals surface area contributed by atoms with E-state index in [0.29, 0.717) is 19.0 Å². The Morgan fingerprint density at radius 2 is 1.97 bits per heavy atom. The van der Waals surface area contributed by atoms with Gasteiger partial charge in [-0.1, -0.05) is 30.7 Å². The fraction of sp³-hybridized carbons (Fsp3) is 0.321. The van der Waals surface area contributed by atoms with Gasteiger partial charge in [-0.2, -0.15) is 0 Å². The predicted molar refractivity (Wildman–Crippen MR) is 134 cm³/mol. The van der Waals surface area contributed by atoms with Gasteiger partial charge in [0, 0.05) is 30.4 Å². The van der Waals surface area contributed by atoms with Crippen molar-refractivity contribution in [1.82, 2.24) is 14.9 Å². The first-order chi connectivity index (χ1) is 16.5. The first-order valence-electron chi connectivity index (χ1n) is 12.0. The van der Waals surface area contributed by atoms with E-state index in [4.69, 9.17) is 4.74 Å². The molecule has 2 amide bonds. The first kappa shape index (κ1) is 22.1. The zero-order chi connectivity index (χ0) is 23.5. The Morgan fingerprint density at radius 1 is 1.09 bits per heavy atom. The summed E-state index contributed by atoms with van der Waals surface area (Å²) < 4.78 is 6.04. The summed E-state index contributed by atoms with van der Waals surface area (Å²) in [5.74, 6) is 2.47. The summed E-state index contributed by atoms with van der Waals surface area (Å²) in [6.45, 7) is 5.48. The molecule has 1 aliphatic heterocycles. The molecule has 1 aliphatic carbocycles. The molecule has 3 aromatic rings. The molecule has 5 rings (SSSR count). The van der Waals surface area contributed by atoms with Crippen LogP contribution in [0.5, 0.6) is 11.5 Å². The molecule has 3 heterocycles. The van der Waals surface area contributed by atoms with Crippen LogP contribution in [0.25, 0.3) is 6.08 Å². The van der Waals surface area contributed by atoms with Crippen molar-refractivity contribution >= 4 is 17.8 Å². The van der Waals surface area contributed by atoms with Crippen LogP contribution in [-0.2, 0) is 0 Å². The number of amides is 2. The number of likely N-dealkylation sites (tertiary alicyclic amines) is 1. The lowest BCUT2D eigenvalue weighted by Gasteiger charge is -2.33. The van der Waals surface area contributed by atoms with Crippen molar-refractivity contribution in [3.05, 3.63) is 83.4 Å². The summed E-state index contributed by atoms with van der Waals surface area (Å²) >= 11 is 0. The highest BCUT2D eigenvalue weighted by atomic mass is 16.5. The normalized spacial score (nSPS) is 19.2. The van der Waals surface area contributed by atoms with E-state index < -0.39 is 0 Å². The van der Waals surface area contributed by atoms with Gasteiger partial charge in [-0.15, -0.1) is 0 Å². The van der Waals surface area contributed by atoms with Crippen LogP contribution in [0.3, 0.4) is 0 Å². The number of hydrogen-bond acceptors (Lipinski definition) is 4. The Bertz CT molecular complexity index is 1180. The number of pyridine rings is 2. The number of benzene rings is 1. The fourth-order valence-electron chi connectivity index (χ4n) is 4.28. The number of rotatable bonds is 5. The molecule has 6 nitrogen and oxygen atoms in total. The van der Waals surface area contributed by atoms with Crippen LogP contribution >= 0.6 is 0 Å². The molecule has 0 spiro atoms. The van der Waals surface area contributed by atoms with Crippen molar-refractivity contribution in [3.8, 4) is 11.5 Å². The van der Waals surface area contributed by atoms with Crippen molar-refractivity contribution in [2.75, 3.05) is 18.4 Å². The minimum Gasteiger partial charge on any atom is -0.456 e. The number of nitrogens with zero attached hydrogens (tertiary/aromatic N) is 3. The number of carbonyl (C=O) groups is 1. The van der Waals surface area contributed by atoms with Gasteiger partial charge in [0.05, 0.1) is 18.1 Å². The molecular weight excluding hydrogens is 424 g/mol. The second-order valence-corrected chi connectivity index (χ2v) is 9.30. The van der Waals surface area contributed by atoms with Crippen LogP contribution in [0.15, 0.2) is 66.5 Å². The molecule has 174 valence electrons. The van der Waals surface area contributed by atoms with Gasteiger partial charge < -0.3 is 15.0 Å². The van der Waals surface area contributed by atoms with Crippen LogP contribution in [0.2, 0.25) is 0 Å². The summed E-state index contributed by atoms with van der Waals surface area (Å²) in [6.07, 6.45) is 9.07. The van der Waals surface area contributed by atoms with Gasteiger partial charge >= 0.3 is 6.03 Å². The maximum atomic E-state index is 12.7. The smallest absolute Gasteiger partial charge is 0.321 e. The number of aryl methyl sites for hydroxylation is 1. The number of urea groups is 1. The molecule has 2 aromatic heterocycles. The molecule has 2 aliphatic rings. The van der Waals surface area contributed by atoms with Crippen LogP contribution < -0.4 is 10.1 Å². The van der Waals surface area contributed by atoms with E-state index >= 15 is 0 Å². The van der Waals surface area contributed by atoms with Crippen molar-refractivity contribution in [2.45, 2.75) is 39.0 Å². The highest BCUT2D eigenvalue weighted by molar-refractivity contribution is 5.89. The lowest BCUT2D eigenvalue weighted by atomic mass is 9.91. The number of anilines is 1. The Labute approximate surface area is 200 Å². The molecule has 6 heteroatoms. The molecule has 1 aromatic carbocycles. The van der Waals surface area contributed by atoms with Crippen molar-refractivity contribution in [2.24, 2.45) is 5.92 Å². The molecule has 0 radical (unpaired) electrons. The van der Waals surface area contributed by atoms with E-state index in [1.54, 1.807) is 6.20 Å². The lowest BCUT2D eigenvalue weighted by molar-refractivity contribution is 0.198. The Hall–Kier alpha value is -3.67. The summed E-state index contributed by atoms with van der Waals surface area (Å²) in [5.41, 5.74) is 5.25. The first-order valence-corrected chi connectivity index (χ1v) is 12.0. The van der Waals surface area contributed by atoms with Gasteiger partial charge in [0.15, 0.2) is 0 Å². The maximum Gasteiger partial charge on any atom is 0.321 e. The van der Waals surface area contributed by atoms with E-state index in [1.165, 1.54) is 18.4 Å². The number of nitrogens with one attached hydrogen (secondary N) is 1. The topological polar surface area (TPSA) is 67.4 Å². The van der Waals surface area contributed by atoms with Gasteiger partial charge in [-0.05, 0) is 74.1 Å². The third kappa shape index (κ3) is 5.45. The van der Waals surface area contributed by atoms with E-state index in [2.05, 4.69) is 46.5 Å². The van der Waals surface area contributed by atoms with E-state index in [1.807, 2.05) is 48.4 Å². The van der Waals surface area contributed by atoms with Crippen LogP contribution in [0, 0.1) is 12.8 Å². The molecule has 1 saturated heterocycles. The average molecular weight is 455 g/mol. The molecule has 0 bridgehead atoms. The Kier molecular flexibility index (Phi) is 6.30. The monoisotopic (exact) mass is 454 g/mol.